The Morgan fingerprint density at radius 2 is 1.48 bits per heavy atom. The first-order valence-corrected chi connectivity index (χ1v) is 5.66. The molecule has 0 bridgehead atoms. The molecule has 130 valence electrons. The van der Waals surface area contributed by atoms with Gasteiger partial charge in [-0.05, 0) is 24.3 Å². The molecule has 1 unspecified atom stereocenters. The van der Waals surface area contributed by atoms with E-state index in [4.69, 9.17) is 0 Å². The van der Waals surface area contributed by atoms with Gasteiger partial charge >= 0.3 is 30.3 Å². The van der Waals surface area contributed by atoms with Gasteiger partial charge in [0.25, 0.3) is 0 Å². The van der Waals surface area contributed by atoms with Crippen molar-refractivity contribution in [1.29, 1.82) is 0 Å². The van der Waals surface area contributed by atoms with Gasteiger partial charge in [0, 0.05) is 0 Å². The van der Waals surface area contributed by atoms with Crippen molar-refractivity contribution in [3.63, 3.8) is 0 Å². The average Bonchev–Trinajstić information content (AvgIpc) is 2.45. The third kappa shape index (κ3) is 3.64. The molecular formula is C12H8F8O3. The van der Waals surface area contributed by atoms with Crippen molar-refractivity contribution in [3.05, 3.63) is 29.8 Å². The van der Waals surface area contributed by atoms with Crippen molar-refractivity contribution < 1.29 is 49.4 Å². The molecule has 0 aliphatic heterocycles. The van der Waals surface area contributed by atoms with E-state index in [0.29, 0.717) is 0 Å². The summed E-state index contributed by atoms with van der Waals surface area (Å²) in [5.74, 6) is -14.4. The molecule has 0 N–H and O–H groups in total. The van der Waals surface area contributed by atoms with Crippen molar-refractivity contribution in [2.45, 2.75) is 24.4 Å². The first-order valence-electron chi connectivity index (χ1n) is 5.66. The van der Waals surface area contributed by atoms with Crippen LogP contribution in [0.15, 0.2) is 24.3 Å². The molecule has 1 atom stereocenters. The smallest absolute Gasteiger partial charge is 0.460 e. The Bertz CT molecular complexity index is 552. The van der Waals surface area contributed by atoms with E-state index in [-0.39, 0.29) is 5.56 Å². The average molecular weight is 352 g/mol. The fourth-order valence-electron chi connectivity index (χ4n) is 1.31. The van der Waals surface area contributed by atoms with Gasteiger partial charge in [0.2, 0.25) is 0 Å². The zero-order chi connectivity index (χ0) is 18.1. The predicted molar refractivity (Wildman–Crippen MR) is 59.3 cm³/mol. The Morgan fingerprint density at radius 1 is 1.00 bits per heavy atom. The number of carbonyl (C=O) groups is 1. The number of carbonyl (C=O) groups excluding carboxylic acids is 1. The van der Waals surface area contributed by atoms with Crippen LogP contribution in [0.1, 0.15) is 10.4 Å². The zero-order valence-corrected chi connectivity index (χ0v) is 11.1. The summed E-state index contributed by atoms with van der Waals surface area (Å²) in [5.41, 5.74) is -0.109. The second-order valence-corrected chi connectivity index (χ2v) is 4.14. The molecule has 1 aromatic carbocycles. The van der Waals surface area contributed by atoms with Crippen LogP contribution in [0.2, 0.25) is 0 Å². The molecule has 0 heterocycles. The van der Waals surface area contributed by atoms with Crippen LogP contribution in [0.25, 0.3) is 0 Å². The normalized spacial score (nSPS) is 14.3. The van der Waals surface area contributed by atoms with Crippen LogP contribution >= 0.6 is 0 Å². The first kappa shape index (κ1) is 19.0. The largest absolute Gasteiger partial charge is 0.465 e. The Kier molecular flexibility index (Phi) is 5.12. The molecule has 0 spiro atoms. The lowest BCUT2D eigenvalue weighted by Gasteiger charge is -2.30. The number of rotatable bonds is 5. The highest BCUT2D eigenvalue weighted by molar-refractivity contribution is 5.89. The van der Waals surface area contributed by atoms with Crippen LogP contribution < -0.4 is 4.74 Å². The van der Waals surface area contributed by atoms with Gasteiger partial charge < -0.3 is 9.47 Å². The van der Waals surface area contributed by atoms with Crippen molar-refractivity contribution >= 4 is 5.97 Å². The molecule has 0 aromatic heterocycles. The summed E-state index contributed by atoms with van der Waals surface area (Å²) in [6, 6.07) is 3.27. The second-order valence-electron chi connectivity index (χ2n) is 4.14. The molecular weight excluding hydrogens is 344 g/mol. The second kappa shape index (κ2) is 6.20. The molecule has 0 aliphatic carbocycles. The maximum Gasteiger partial charge on any atom is 0.460 e. The van der Waals surface area contributed by atoms with E-state index in [9.17, 15) is 39.9 Å². The van der Waals surface area contributed by atoms with Crippen molar-refractivity contribution in [1.82, 2.24) is 0 Å². The highest BCUT2D eigenvalue weighted by Gasteiger charge is 2.77. The third-order valence-electron chi connectivity index (χ3n) is 2.57. The molecule has 1 rings (SSSR count). The van der Waals surface area contributed by atoms with E-state index in [1.165, 1.54) is 0 Å². The SMILES string of the molecule is COC(=O)c1ccc(OC(F)C(F)(F)C(F)(F)C(F)(F)F)cc1. The van der Waals surface area contributed by atoms with Crippen LogP contribution in [0, 0.1) is 0 Å². The lowest BCUT2D eigenvalue weighted by molar-refractivity contribution is -0.379. The van der Waals surface area contributed by atoms with Crippen molar-refractivity contribution in [3.8, 4) is 5.75 Å². The molecule has 0 saturated heterocycles. The number of esters is 1. The third-order valence-corrected chi connectivity index (χ3v) is 2.57. The van der Waals surface area contributed by atoms with Crippen molar-refractivity contribution in [2.75, 3.05) is 7.11 Å². The minimum Gasteiger partial charge on any atom is -0.465 e. The van der Waals surface area contributed by atoms with E-state index in [0.717, 1.165) is 31.4 Å². The van der Waals surface area contributed by atoms with Gasteiger partial charge in [-0.15, -0.1) is 0 Å². The van der Waals surface area contributed by atoms with Crippen LogP contribution in [0.3, 0.4) is 0 Å². The lowest BCUT2D eigenvalue weighted by atomic mass is 10.1. The molecule has 0 saturated carbocycles. The van der Waals surface area contributed by atoms with E-state index < -0.39 is 36.1 Å². The summed E-state index contributed by atoms with van der Waals surface area (Å²) >= 11 is 0. The van der Waals surface area contributed by atoms with Gasteiger partial charge in [-0.2, -0.15) is 35.1 Å². The summed E-state index contributed by atoms with van der Waals surface area (Å²) in [7, 11) is 1.03. The molecule has 0 radical (unpaired) electrons. The van der Waals surface area contributed by atoms with Gasteiger partial charge in [-0.3, -0.25) is 0 Å². The summed E-state index contributed by atoms with van der Waals surface area (Å²) in [6.45, 7) is 0. The standard InChI is InChI=1S/C12H8F8O3/c1-22-8(21)6-2-4-7(5-3-6)23-9(13)10(14,15)11(16,17)12(18,19)20/h2-5,9H,1H3. The van der Waals surface area contributed by atoms with Gasteiger partial charge in [0.1, 0.15) is 5.75 Å². The zero-order valence-electron chi connectivity index (χ0n) is 11.1. The Morgan fingerprint density at radius 3 is 1.87 bits per heavy atom. The number of hydrogen-bond acceptors (Lipinski definition) is 3. The minimum atomic E-state index is -6.67. The summed E-state index contributed by atoms with van der Waals surface area (Å²) in [5, 5.41) is 0. The minimum absolute atomic E-state index is 0.109. The molecule has 0 aliphatic rings. The van der Waals surface area contributed by atoms with Gasteiger partial charge in [-0.1, -0.05) is 0 Å². The molecule has 23 heavy (non-hydrogen) atoms. The fourth-order valence-corrected chi connectivity index (χ4v) is 1.31. The maximum absolute atomic E-state index is 13.2. The molecule has 11 heteroatoms. The Labute approximate surface area is 123 Å². The number of hydrogen-bond donors (Lipinski definition) is 0. The van der Waals surface area contributed by atoms with E-state index in [1.54, 1.807) is 0 Å². The van der Waals surface area contributed by atoms with Gasteiger partial charge in [-0.25, -0.2) is 4.79 Å². The predicted octanol–water partition coefficient (Wildman–Crippen LogP) is 3.98. The fraction of sp³-hybridized carbons (Fsp3) is 0.417. The maximum atomic E-state index is 13.2. The van der Waals surface area contributed by atoms with Crippen molar-refractivity contribution in [2.24, 2.45) is 0 Å². The number of ether oxygens (including phenoxy) is 2. The van der Waals surface area contributed by atoms with E-state index in [2.05, 4.69) is 9.47 Å². The van der Waals surface area contributed by atoms with Crippen LogP contribution in [-0.4, -0.2) is 37.5 Å². The molecule has 0 amide bonds. The van der Waals surface area contributed by atoms with Crippen LogP contribution in [-0.2, 0) is 4.74 Å². The number of methoxy groups -OCH3 is 1. The summed E-state index contributed by atoms with van der Waals surface area (Å²) in [4.78, 5) is 11.1. The van der Waals surface area contributed by atoms with E-state index >= 15 is 0 Å². The van der Waals surface area contributed by atoms with Gasteiger partial charge in [0.15, 0.2) is 0 Å². The summed E-state index contributed by atoms with van der Waals surface area (Å²) < 4.78 is 108. The highest BCUT2D eigenvalue weighted by Crippen LogP contribution is 2.49. The topological polar surface area (TPSA) is 35.5 Å². The van der Waals surface area contributed by atoms with Crippen LogP contribution in [0.4, 0.5) is 35.1 Å². The van der Waals surface area contributed by atoms with Gasteiger partial charge in [0.05, 0.1) is 12.7 Å². The quantitative estimate of drug-likeness (QED) is 0.594. The van der Waals surface area contributed by atoms with Crippen LogP contribution in [0.5, 0.6) is 5.75 Å². The lowest BCUT2D eigenvalue weighted by Crippen LogP contribution is -2.58. The monoisotopic (exact) mass is 352 g/mol. The number of halogens is 8. The number of benzene rings is 1. The highest BCUT2D eigenvalue weighted by atomic mass is 19.4. The van der Waals surface area contributed by atoms with E-state index in [1.807, 2.05) is 0 Å². The summed E-state index contributed by atoms with van der Waals surface area (Å²) in [6.07, 6.45) is -10.9. The molecule has 0 fully saturated rings. The molecule has 3 nitrogen and oxygen atoms in total. The Hall–Kier alpha value is -2.07. The Balaban J connectivity index is 2.94. The number of alkyl halides is 8. The molecule has 1 aromatic rings. The first-order chi connectivity index (χ1) is 10.3.